The molecule has 1 atom stereocenters. The van der Waals surface area contributed by atoms with Crippen LogP contribution in [0, 0.1) is 0 Å². The Morgan fingerprint density at radius 2 is 1.54 bits per heavy atom. The number of carbonyl (C=O) groups is 3. The Balaban J connectivity index is 1.77. The zero-order valence-corrected chi connectivity index (χ0v) is 16.8. The number of nitrogens with one attached hydrogen (secondary N) is 2. The van der Waals surface area contributed by atoms with Gasteiger partial charge in [-0.05, 0) is 17.5 Å². The van der Waals surface area contributed by atoms with Gasteiger partial charge in [0.1, 0.15) is 5.78 Å². The molecule has 1 amide bonds. The summed E-state index contributed by atoms with van der Waals surface area (Å²) < 4.78 is 0. The van der Waals surface area contributed by atoms with E-state index in [1.54, 1.807) is 0 Å². The van der Waals surface area contributed by atoms with Crippen molar-refractivity contribution in [2.75, 3.05) is 13.6 Å². The number of thioether (sulfide) groups is 1. The molecule has 148 valence electrons. The molecular formula is C22H26N2O3S. The zero-order valence-electron chi connectivity index (χ0n) is 16.0. The normalized spacial score (nSPS) is 11.6. The Morgan fingerprint density at radius 3 is 2.14 bits per heavy atom. The van der Waals surface area contributed by atoms with Crippen molar-refractivity contribution in [2.45, 2.75) is 31.1 Å². The molecule has 0 saturated carbocycles. The highest BCUT2D eigenvalue weighted by molar-refractivity contribution is 8.12. The van der Waals surface area contributed by atoms with Crippen molar-refractivity contribution in [3.63, 3.8) is 0 Å². The first-order chi connectivity index (χ1) is 13.6. The van der Waals surface area contributed by atoms with Gasteiger partial charge in [0.15, 0.2) is 5.12 Å². The predicted molar refractivity (Wildman–Crippen MR) is 113 cm³/mol. The summed E-state index contributed by atoms with van der Waals surface area (Å²) in [5, 5.41) is 5.41. The maximum Gasteiger partial charge on any atom is 0.237 e. The van der Waals surface area contributed by atoms with E-state index in [9.17, 15) is 14.4 Å². The summed E-state index contributed by atoms with van der Waals surface area (Å²) in [7, 11) is 1.52. The lowest BCUT2D eigenvalue weighted by molar-refractivity contribution is -0.125. The number of ketones is 1. The molecule has 2 N–H and O–H groups in total. The predicted octanol–water partition coefficient (Wildman–Crippen LogP) is 2.74. The van der Waals surface area contributed by atoms with E-state index in [1.165, 1.54) is 18.8 Å². The molecule has 0 spiro atoms. The van der Waals surface area contributed by atoms with Crippen LogP contribution in [-0.4, -0.2) is 36.4 Å². The van der Waals surface area contributed by atoms with E-state index in [4.69, 9.17) is 0 Å². The molecule has 2 aromatic rings. The number of rotatable bonds is 11. The highest BCUT2D eigenvalue weighted by Crippen LogP contribution is 2.15. The number of carbonyl (C=O) groups excluding carboxylic acids is 3. The van der Waals surface area contributed by atoms with Crippen molar-refractivity contribution in [1.82, 2.24) is 10.6 Å². The summed E-state index contributed by atoms with van der Waals surface area (Å²) in [4.78, 5) is 36.5. The van der Waals surface area contributed by atoms with Crippen molar-refractivity contribution in [2.24, 2.45) is 0 Å². The minimum Gasteiger partial charge on any atom is -0.358 e. The molecule has 0 aliphatic carbocycles. The van der Waals surface area contributed by atoms with Crippen LogP contribution in [0.4, 0.5) is 0 Å². The van der Waals surface area contributed by atoms with E-state index in [2.05, 4.69) is 10.6 Å². The maximum atomic E-state index is 12.3. The molecule has 2 rings (SSSR count). The molecule has 0 fully saturated rings. The van der Waals surface area contributed by atoms with Crippen molar-refractivity contribution in [3.05, 3.63) is 71.8 Å². The van der Waals surface area contributed by atoms with E-state index in [-0.39, 0.29) is 29.8 Å². The lowest BCUT2D eigenvalue weighted by atomic mass is 10.1. The van der Waals surface area contributed by atoms with Crippen LogP contribution in [-0.2, 0) is 26.6 Å². The molecule has 0 aliphatic heterocycles. The van der Waals surface area contributed by atoms with Gasteiger partial charge in [-0.25, -0.2) is 0 Å². The van der Waals surface area contributed by atoms with E-state index in [1.807, 2.05) is 60.7 Å². The molecule has 28 heavy (non-hydrogen) atoms. The summed E-state index contributed by atoms with van der Waals surface area (Å²) in [6, 6.07) is 18.8. The number of likely N-dealkylation sites (N-methyl/N-ethyl adjacent to an activating group) is 1. The SMILES string of the molecule is CNC(=O)[C@H](CC(=O)SCc1ccccc1)NCC(=O)CCc1ccccc1. The largest absolute Gasteiger partial charge is 0.358 e. The van der Waals surface area contributed by atoms with Crippen molar-refractivity contribution in [1.29, 1.82) is 0 Å². The zero-order chi connectivity index (χ0) is 20.2. The van der Waals surface area contributed by atoms with Crippen LogP contribution >= 0.6 is 11.8 Å². The number of amides is 1. The number of benzene rings is 2. The summed E-state index contributed by atoms with van der Waals surface area (Å²) in [6.45, 7) is 0.0710. The second-order valence-electron chi connectivity index (χ2n) is 6.42. The molecule has 6 heteroatoms. The third kappa shape index (κ3) is 8.06. The molecule has 0 aromatic heterocycles. The number of hydrogen-bond donors (Lipinski definition) is 2. The molecular weight excluding hydrogens is 372 g/mol. The second-order valence-corrected chi connectivity index (χ2v) is 7.46. The van der Waals surface area contributed by atoms with Crippen LogP contribution in [0.1, 0.15) is 24.0 Å². The average Bonchev–Trinajstić information content (AvgIpc) is 2.74. The first kappa shape index (κ1) is 21.9. The van der Waals surface area contributed by atoms with Gasteiger partial charge in [0.05, 0.1) is 12.6 Å². The number of aryl methyl sites for hydroxylation is 1. The molecule has 0 heterocycles. The van der Waals surface area contributed by atoms with Gasteiger partial charge in [-0.3, -0.25) is 19.7 Å². The van der Waals surface area contributed by atoms with E-state index >= 15 is 0 Å². The Labute approximate surface area is 170 Å². The lowest BCUT2D eigenvalue weighted by Gasteiger charge is -2.16. The maximum absolute atomic E-state index is 12.3. The second kappa shape index (κ2) is 12.1. The third-order valence-corrected chi connectivity index (χ3v) is 5.22. The highest BCUT2D eigenvalue weighted by Gasteiger charge is 2.21. The van der Waals surface area contributed by atoms with Crippen LogP contribution in [0.3, 0.4) is 0 Å². The molecule has 2 aromatic carbocycles. The summed E-state index contributed by atoms with van der Waals surface area (Å²) in [5.41, 5.74) is 2.16. The van der Waals surface area contributed by atoms with Gasteiger partial charge in [-0.2, -0.15) is 0 Å². The van der Waals surface area contributed by atoms with Crippen LogP contribution in [0.2, 0.25) is 0 Å². The van der Waals surface area contributed by atoms with Crippen LogP contribution in [0.15, 0.2) is 60.7 Å². The van der Waals surface area contributed by atoms with Gasteiger partial charge in [0.25, 0.3) is 0 Å². The Hall–Kier alpha value is -2.44. The van der Waals surface area contributed by atoms with E-state index in [0.29, 0.717) is 18.6 Å². The minimum absolute atomic E-state index is 0.0159. The summed E-state index contributed by atoms with van der Waals surface area (Å²) >= 11 is 1.18. The summed E-state index contributed by atoms with van der Waals surface area (Å²) in [6.07, 6.45) is 1.11. The van der Waals surface area contributed by atoms with E-state index in [0.717, 1.165) is 11.1 Å². The first-order valence-electron chi connectivity index (χ1n) is 9.28. The summed E-state index contributed by atoms with van der Waals surface area (Å²) in [5.74, 6) is 0.294. The third-order valence-electron chi connectivity index (χ3n) is 4.26. The Bertz CT molecular complexity index is 766. The van der Waals surface area contributed by atoms with Gasteiger partial charge >= 0.3 is 0 Å². The monoisotopic (exact) mass is 398 g/mol. The van der Waals surface area contributed by atoms with Crippen molar-refractivity contribution < 1.29 is 14.4 Å². The highest BCUT2D eigenvalue weighted by atomic mass is 32.2. The fraction of sp³-hybridized carbons (Fsp3) is 0.318. The van der Waals surface area contributed by atoms with Crippen LogP contribution in [0.25, 0.3) is 0 Å². The van der Waals surface area contributed by atoms with E-state index < -0.39 is 6.04 Å². The molecule has 5 nitrogen and oxygen atoms in total. The fourth-order valence-electron chi connectivity index (χ4n) is 2.65. The number of hydrogen-bond acceptors (Lipinski definition) is 5. The van der Waals surface area contributed by atoms with Crippen molar-refractivity contribution >= 4 is 28.6 Å². The van der Waals surface area contributed by atoms with Gasteiger partial charge < -0.3 is 5.32 Å². The quantitative estimate of drug-likeness (QED) is 0.609. The molecule has 0 unspecified atom stereocenters. The van der Waals surface area contributed by atoms with Gasteiger partial charge in [-0.1, -0.05) is 72.4 Å². The fourth-order valence-corrected chi connectivity index (χ4v) is 3.45. The van der Waals surface area contributed by atoms with Gasteiger partial charge in [-0.15, -0.1) is 0 Å². The van der Waals surface area contributed by atoms with Crippen LogP contribution in [0.5, 0.6) is 0 Å². The van der Waals surface area contributed by atoms with Gasteiger partial charge in [0.2, 0.25) is 5.91 Å². The topological polar surface area (TPSA) is 75.3 Å². The molecule has 0 radical (unpaired) electrons. The Kier molecular flexibility index (Phi) is 9.45. The average molecular weight is 399 g/mol. The molecule has 0 saturated heterocycles. The molecule has 0 aliphatic rings. The lowest BCUT2D eigenvalue weighted by Crippen LogP contribution is -2.45. The Morgan fingerprint density at radius 1 is 0.929 bits per heavy atom. The standard InChI is InChI=1S/C22H26N2O3S/c1-23-22(27)20(14-21(26)28-16-18-10-6-3-7-11-18)24-15-19(25)13-12-17-8-4-2-5-9-17/h2-11,20,24H,12-16H2,1H3,(H,23,27)/t20-/m0/s1. The molecule has 0 bridgehead atoms. The van der Waals surface area contributed by atoms with Crippen LogP contribution < -0.4 is 10.6 Å². The first-order valence-corrected chi connectivity index (χ1v) is 10.3. The number of Topliss-reactive ketones (excluding diaryl/α,β-unsaturated/α-hetero) is 1. The minimum atomic E-state index is -0.707. The smallest absolute Gasteiger partial charge is 0.237 e. The van der Waals surface area contributed by atoms with Gasteiger partial charge in [0, 0.05) is 25.6 Å². The van der Waals surface area contributed by atoms with Crippen molar-refractivity contribution in [3.8, 4) is 0 Å².